The highest BCUT2D eigenvalue weighted by Crippen LogP contribution is 2.35. The van der Waals surface area contributed by atoms with Gasteiger partial charge in [-0.2, -0.15) is 0 Å². The zero-order valence-corrected chi connectivity index (χ0v) is 13.1. The van der Waals surface area contributed by atoms with E-state index in [-0.39, 0.29) is 16.6 Å². The molecule has 1 N–H and O–H groups in total. The number of hydrogen-bond acceptors (Lipinski definition) is 4. The van der Waals surface area contributed by atoms with Crippen LogP contribution in [0.4, 0.5) is 0 Å². The van der Waals surface area contributed by atoms with Crippen molar-refractivity contribution in [2.24, 2.45) is 0 Å². The lowest BCUT2D eigenvalue weighted by Gasteiger charge is -2.27. The Labute approximate surface area is 130 Å². The van der Waals surface area contributed by atoms with Crippen LogP contribution >= 0.6 is 11.6 Å². The van der Waals surface area contributed by atoms with Crippen LogP contribution in [0.1, 0.15) is 25.3 Å². The molecule has 4 nitrogen and oxygen atoms in total. The summed E-state index contributed by atoms with van der Waals surface area (Å²) in [6, 6.07) is 3.32. The van der Waals surface area contributed by atoms with Gasteiger partial charge < -0.3 is 9.84 Å². The van der Waals surface area contributed by atoms with Gasteiger partial charge in [0.25, 0.3) is 0 Å². The SMILES string of the molecule is CCCN1CCC(=O)/C(=C/c2cc(Cl)c(O)c(OC)c2)C1. The Bertz CT molecular complexity index is 569. The van der Waals surface area contributed by atoms with Crippen molar-refractivity contribution in [3.63, 3.8) is 0 Å². The van der Waals surface area contributed by atoms with E-state index in [0.717, 1.165) is 30.6 Å². The van der Waals surface area contributed by atoms with Crippen molar-refractivity contribution < 1.29 is 14.6 Å². The molecular weight excluding hydrogens is 290 g/mol. The summed E-state index contributed by atoms with van der Waals surface area (Å²) in [6.07, 6.45) is 3.45. The average Bonchev–Trinajstić information content (AvgIpc) is 2.46. The molecule has 0 spiro atoms. The van der Waals surface area contributed by atoms with Crippen molar-refractivity contribution in [2.75, 3.05) is 26.7 Å². The normalized spacial score (nSPS) is 18.2. The monoisotopic (exact) mass is 309 g/mol. The van der Waals surface area contributed by atoms with Crippen molar-refractivity contribution in [2.45, 2.75) is 19.8 Å². The molecule has 1 aliphatic heterocycles. The second kappa shape index (κ2) is 6.96. The van der Waals surface area contributed by atoms with Gasteiger partial charge in [0.2, 0.25) is 0 Å². The predicted octanol–water partition coefficient (Wildman–Crippen LogP) is 3.12. The maximum atomic E-state index is 12.0. The van der Waals surface area contributed by atoms with E-state index in [1.54, 1.807) is 12.1 Å². The van der Waals surface area contributed by atoms with Gasteiger partial charge in [0, 0.05) is 25.1 Å². The lowest BCUT2D eigenvalue weighted by Crippen LogP contribution is -2.36. The van der Waals surface area contributed by atoms with Gasteiger partial charge in [-0.05, 0) is 36.7 Å². The number of rotatable bonds is 4. The van der Waals surface area contributed by atoms with E-state index in [4.69, 9.17) is 16.3 Å². The molecular formula is C16H20ClNO3. The van der Waals surface area contributed by atoms with Crippen molar-refractivity contribution in [3.05, 3.63) is 28.3 Å². The number of piperidine rings is 1. The third kappa shape index (κ3) is 3.77. The number of methoxy groups -OCH3 is 1. The van der Waals surface area contributed by atoms with Gasteiger partial charge in [0.05, 0.1) is 12.1 Å². The van der Waals surface area contributed by atoms with Gasteiger partial charge in [-0.15, -0.1) is 0 Å². The van der Waals surface area contributed by atoms with Crippen LogP contribution in [0.15, 0.2) is 17.7 Å². The Kier molecular flexibility index (Phi) is 5.26. The number of ether oxygens (including phenoxy) is 1. The second-order valence-corrected chi connectivity index (χ2v) is 5.58. The number of phenols is 1. The Morgan fingerprint density at radius 2 is 2.24 bits per heavy atom. The number of phenolic OH excluding ortho intramolecular Hbond substituents is 1. The summed E-state index contributed by atoms with van der Waals surface area (Å²) in [5.74, 6) is 0.400. The summed E-state index contributed by atoms with van der Waals surface area (Å²) in [5.41, 5.74) is 1.54. The molecule has 0 bridgehead atoms. The topological polar surface area (TPSA) is 49.8 Å². The molecule has 5 heteroatoms. The fourth-order valence-corrected chi connectivity index (χ4v) is 2.71. The molecule has 0 aliphatic carbocycles. The lowest BCUT2D eigenvalue weighted by molar-refractivity contribution is -0.117. The van der Waals surface area contributed by atoms with E-state index in [0.29, 0.717) is 18.7 Å². The molecule has 0 radical (unpaired) electrons. The number of halogens is 1. The Hall–Kier alpha value is -1.52. The van der Waals surface area contributed by atoms with E-state index in [1.165, 1.54) is 7.11 Å². The summed E-state index contributed by atoms with van der Waals surface area (Å²) in [4.78, 5) is 14.3. The van der Waals surface area contributed by atoms with Crippen LogP contribution in [-0.4, -0.2) is 42.5 Å². The standard InChI is InChI=1S/C16H20ClNO3/c1-3-5-18-6-4-14(19)12(10-18)7-11-8-13(17)16(20)15(9-11)21-2/h7-9,20H,3-6,10H2,1-2H3/b12-7+. The van der Waals surface area contributed by atoms with Crippen molar-refractivity contribution in [3.8, 4) is 11.5 Å². The van der Waals surface area contributed by atoms with Gasteiger partial charge in [-0.3, -0.25) is 9.69 Å². The molecule has 0 aromatic heterocycles. The summed E-state index contributed by atoms with van der Waals surface area (Å²) >= 11 is 5.98. The van der Waals surface area contributed by atoms with Gasteiger partial charge in [0.15, 0.2) is 17.3 Å². The number of carbonyl (C=O) groups excluding carboxylic acids is 1. The predicted molar refractivity (Wildman–Crippen MR) is 84.0 cm³/mol. The number of aromatic hydroxyl groups is 1. The Morgan fingerprint density at radius 3 is 2.90 bits per heavy atom. The number of nitrogens with zero attached hydrogens (tertiary/aromatic N) is 1. The fourth-order valence-electron chi connectivity index (χ4n) is 2.50. The van der Waals surface area contributed by atoms with Crippen molar-refractivity contribution in [1.82, 2.24) is 4.90 Å². The van der Waals surface area contributed by atoms with Crippen LogP contribution < -0.4 is 4.74 Å². The van der Waals surface area contributed by atoms with Crippen molar-refractivity contribution >= 4 is 23.5 Å². The molecule has 1 aromatic carbocycles. The van der Waals surface area contributed by atoms with Gasteiger partial charge in [-0.1, -0.05) is 18.5 Å². The molecule has 114 valence electrons. The molecule has 21 heavy (non-hydrogen) atoms. The summed E-state index contributed by atoms with van der Waals surface area (Å²) in [7, 11) is 1.47. The first kappa shape index (κ1) is 15.9. The molecule has 1 fully saturated rings. The molecule has 2 rings (SSSR count). The largest absolute Gasteiger partial charge is 0.503 e. The summed E-state index contributed by atoms with van der Waals surface area (Å²) in [6.45, 7) is 4.60. The molecule has 0 atom stereocenters. The molecule has 1 saturated heterocycles. The molecule has 0 amide bonds. The number of carbonyl (C=O) groups is 1. The maximum Gasteiger partial charge on any atom is 0.176 e. The number of hydrogen-bond donors (Lipinski definition) is 1. The number of ketones is 1. The fraction of sp³-hybridized carbons (Fsp3) is 0.438. The number of benzene rings is 1. The highest BCUT2D eigenvalue weighted by Gasteiger charge is 2.21. The third-order valence-electron chi connectivity index (χ3n) is 3.56. The average molecular weight is 310 g/mol. The van der Waals surface area contributed by atoms with Crippen molar-refractivity contribution in [1.29, 1.82) is 0 Å². The van der Waals surface area contributed by atoms with E-state index in [2.05, 4.69) is 11.8 Å². The first-order chi connectivity index (χ1) is 10.0. The molecule has 0 saturated carbocycles. The molecule has 1 heterocycles. The number of likely N-dealkylation sites (tertiary alicyclic amines) is 1. The molecule has 1 aromatic rings. The van der Waals surface area contributed by atoms with E-state index in [1.807, 2.05) is 6.08 Å². The lowest BCUT2D eigenvalue weighted by atomic mass is 10.00. The van der Waals surface area contributed by atoms with Crippen LogP contribution in [0.5, 0.6) is 11.5 Å². The van der Waals surface area contributed by atoms with Gasteiger partial charge in [-0.25, -0.2) is 0 Å². The second-order valence-electron chi connectivity index (χ2n) is 5.17. The Balaban J connectivity index is 2.29. The highest BCUT2D eigenvalue weighted by atomic mass is 35.5. The summed E-state index contributed by atoms with van der Waals surface area (Å²) in [5, 5.41) is 9.96. The van der Waals surface area contributed by atoms with Crippen LogP contribution in [0.25, 0.3) is 6.08 Å². The molecule has 0 unspecified atom stereocenters. The quantitative estimate of drug-likeness (QED) is 0.868. The first-order valence-electron chi connectivity index (χ1n) is 7.07. The minimum Gasteiger partial charge on any atom is -0.503 e. The minimum atomic E-state index is -0.0797. The van der Waals surface area contributed by atoms with E-state index < -0.39 is 0 Å². The summed E-state index contributed by atoms with van der Waals surface area (Å²) < 4.78 is 5.08. The van der Waals surface area contributed by atoms with Crippen LogP contribution in [-0.2, 0) is 4.79 Å². The van der Waals surface area contributed by atoms with Crippen LogP contribution in [0.3, 0.4) is 0 Å². The molecule has 1 aliphatic rings. The highest BCUT2D eigenvalue weighted by molar-refractivity contribution is 6.32. The number of Topliss-reactive ketones (excluding diaryl/α,β-unsaturated/α-hetero) is 1. The minimum absolute atomic E-state index is 0.0797. The smallest absolute Gasteiger partial charge is 0.176 e. The van der Waals surface area contributed by atoms with Crippen LogP contribution in [0, 0.1) is 0 Å². The Morgan fingerprint density at radius 1 is 1.48 bits per heavy atom. The van der Waals surface area contributed by atoms with Gasteiger partial charge in [0.1, 0.15) is 0 Å². The van der Waals surface area contributed by atoms with Gasteiger partial charge >= 0.3 is 0 Å². The zero-order chi connectivity index (χ0) is 15.4. The third-order valence-corrected chi connectivity index (χ3v) is 3.85. The van der Waals surface area contributed by atoms with E-state index in [9.17, 15) is 9.90 Å². The van der Waals surface area contributed by atoms with Crippen LogP contribution in [0.2, 0.25) is 5.02 Å². The zero-order valence-electron chi connectivity index (χ0n) is 12.4. The maximum absolute atomic E-state index is 12.0. The first-order valence-corrected chi connectivity index (χ1v) is 7.45. The van der Waals surface area contributed by atoms with E-state index >= 15 is 0 Å².